The molecule has 1 N–H and O–H groups in total. The third-order valence-electron chi connectivity index (χ3n) is 4.88. The number of carbonyl (C=O) groups excluding carboxylic acids is 1. The van der Waals surface area contributed by atoms with Crippen LogP contribution in [0.2, 0.25) is 0 Å². The van der Waals surface area contributed by atoms with E-state index in [1.54, 1.807) is 24.5 Å². The van der Waals surface area contributed by atoms with Crippen molar-refractivity contribution in [1.82, 2.24) is 15.2 Å². The number of hydrogen-bond donors (Lipinski definition) is 1. The number of likely N-dealkylation sites (tertiary alicyclic amines) is 1. The molecule has 1 aliphatic rings. The normalized spacial score (nSPS) is 16.0. The smallest absolute Gasteiger partial charge is 0.244 e. The van der Waals surface area contributed by atoms with E-state index >= 15 is 0 Å². The Hall–Kier alpha value is -2.46. The summed E-state index contributed by atoms with van der Waals surface area (Å²) >= 11 is 0. The fourth-order valence-electron chi connectivity index (χ4n) is 3.14. The van der Waals surface area contributed by atoms with Gasteiger partial charge in [0.05, 0.1) is 0 Å². The molecule has 26 heavy (non-hydrogen) atoms. The SMILES string of the molecule is CC1CCN(Cc2ccc(CNC(=O)C=Cc3cccnc3)cc2)CC1. The molecule has 4 nitrogen and oxygen atoms in total. The van der Waals surface area contributed by atoms with Gasteiger partial charge in [-0.1, -0.05) is 37.3 Å². The monoisotopic (exact) mass is 349 g/mol. The van der Waals surface area contributed by atoms with E-state index in [1.165, 1.54) is 31.5 Å². The van der Waals surface area contributed by atoms with Gasteiger partial charge in [0.25, 0.3) is 0 Å². The molecule has 1 aliphatic heterocycles. The maximum Gasteiger partial charge on any atom is 0.244 e. The van der Waals surface area contributed by atoms with E-state index in [9.17, 15) is 4.79 Å². The second-order valence-corrected chi connectivity index (χ2v) is 7.11. The minimum absolute atomic E-state index is 0.0969. The first-order valence-electron chi connectivity index (χ1n) is 9.35. The second-order valence-electron chi connectivity index (χ2n) is 7.11. The number of benzene rings is 1. The Morgan fingerprint density at radius 2 is 1.92 bits per heavy atom. The lowest BCUT2D eigenvalue weighted by molar-refractivity contribution is -0.116. The summed E-state index contributed by atoms with van der Waals surface area (Å²) in [7, 11) is 0. The molecule has 1 saturated heterocycles. The molecular weight excluding hydrogens is 322 g/mol. The summed E-state index contributed by atoms with van der Waals surface area (Å²) in [6.07, 6.45) is 9.36. The van der Waals surface area contributed by atoms with Gasteiger partial charge < -0.3 is 5.32 Å². The van der Waals surface area contributed by atoms with Crippen LogP contribution in [-0.2, 0) is 17.9 Å². The zero-order chi connectivity index (χ0) is 18.2. The van der Waals surface area contributed by atoms with Crippen molar-refractivity contribution in [2.45, 2.75) is 32.9 Å². The highest BCUT2D eigenvalue weighted by Gasteiger charge is 2.15. The van der Waals surface area contributed by atoms with Crippen molar-refractivity contribution in [3.05, 3.63) is 71.6 Å². The van der Waals surface area contributed by atoms with E-state index in [0.29, 0.717) is 6.54 Å². The lowest BCUT2D eigenvalue weighted by Crippen LogP contribution is -2.32. The fourth-order valence-corrected chi connectivity index (χ4v) is 3.14. The van der Waals surface area contributed by atoms with E-state index < -0.39 is 0 Å². The summed E-state index contributed by atoms with van der Waals surface area (Å²) in [5.74, 6) is 0.768. The predicted molar refractivity (Wildman–Crippen MR) is 105 cm³/mol. The fraction of sp³-hybridized carbons (Fsp3) is 0.364. The molecule has 2 aromatic rings. The first-order valence-corrected chi connectivity index (χ1v) is 9.35. The Balaban J connectivity index is 1.44. The Kier molecular flexibility index (Phi) is 6.56. The Morgan fingerprint density at radius 1 is 1.19 bits per heavy atom. The molecule has 2 heterocycles. The summed E-state index contributed by atoms with van der Waals surface area (Å²) in [6.45, 7) is 6.29. The van der Waals surface area contributed by atoms with Crippen LogP contribution in [0.4, 0.5) is 0 Å². The van der Waals surface area contributed by atoms with Gasteiger partial charge in [-0.3, -0.25) is 14.7 Å². The number of aromatic nitrogens is 1. The van der Waals surface area contributed by atoms with Crippen molar-refractivity contribution in [3.63, 3.8) is 0 Å². The first kappa shape index (κ1) is 18.3. The van der Waals surface area contributed by atoms with Crippen molar-refractivity contribution in [2.75, 3.05) is 13.1 Å². The van der Waals surface area contributed by atoms with Gasteiger partial charge in [-0.15, -0.1) is 0 Å². The zero-order valence-electron chi connectivity index (χ0n) is 15.4. The molecule has 1 aromatic heterocycles. The van der Waals surface area contributed by atoms with E-state index in [4.69, 9.17) is 0 Å². The van der Waals surface area contributed by atoms with E-state index in [-0.39, 0.29) is 5.91 Å². The molecule has 3 rings (SSSR count). The van der Waals surface area contributed by atoms with Crippen LogP contribution in [0.15, 0.2) is 54.9 Å². The average Bonchev–Trinajstić information content (AvgIpc) is 2.68. The highest BCUT2D eigenvalue weighted by atomic mass is 16.1. The summed E-state index contributed by atoms with van der Waals surface area (Å²) in [5.41, 5.74) is 3.37. The molecule has 0 bridgehead atoms. The van der Waals surface area contributed by atoms with Gasteiger partial charge in [0.1, 0.15) is 0 Å². The van der Waals surface area contributed by atoms with Gasteiger partial charge in [0.15, 0.2) is 0 Å². The Labute approximate surface area is 155 Å². The van der Waals surface area contributed by atoms with Crippen molar-refractivity contribution < 1.29 is 4.79 Å². The lowest BCUT2D eigenvalue weighted by atomic mass is 9.99. The molecule has 0 spiro atoms. The van der Waals surface area contributed by atoms with Crippen LogP contribution < -0.4 is 5.32 Å². The van der Waals surface area contributed by atoms with E-state index in [1.807, 2.05) is 12.1 Å². The Morgan fingerprint density at radius 3 is 2.62 bits per heavy atom. The van der Waals surface area contributed by atoms with Crippen molar-refractivity contribution in [2.24, 2.45) is 5.92 Å². The van der Waals surface area contributed by atoms with Crippen LogP contribution in [0.3, 0.4) is 0 Å². The molecule has 0 atom stereocenters. The molecule has 1 amide bonds. The maximum absolute atomic E-state index is 11.9. The number of hydrogen-bond acceptors (Lipinski definition) is 3. The summed E-state index contributed by atoms with van der Waals surface area (Å²) in [4.78, 5) is 18.5. The number of amides is 1. The van der Waals surface area contributed by atoms with Gasteiger partial charge in [0, 0.05) is 31.6 Å². The Bertz CT molecular complexity index is 717. The molecule has 4 heteroatoms. The molecule has 0 radical (unpaired) electrons. The topological polar surface area (TPSA) is 45.2 Å². The minimum atomic E-state index is -0.0969. The number of piperidine rings is 1. The van der Waals surface area contributed by atoms with Crippen LogP contribution >= 0.6 is 0 Å². The number of nitrogens with one attached hydrogen (secondary N) is 1. The molecule has 136 valence electrons. The number of pyridine rings is 1. The van der Waals surface area contributed by atoms with Gasteiger partial charge in [0.2, 0.25) is 5.91 Å². The average molecular weight is 349 g/mol. The van der Waals surface area contributed by atoms with E-state index in [0.717, 1.165) is 23.6 Å². The van der Waals surface area contributed by atoms with E-state index in [2.05, 4.69) is 46.4 Å². The number of nitrogens with zero attached hydrogens (tertiary/aromatic N) is 2. The van der Waals surface area contributed by atoms with Crippen LogP contribution in [0, 0.1) is 5.92 Å². The largest absolute Gasteiger partial charge is 0.348 e. The van der Waals surface area contributed by atoms with Crippen molar-refractivity contribution in [1.29, 1.82) is 0 Å². The molecule has 0 saturated carbocycles. The summed E-state index contributed by atoms with van der Waals surface area (Å²) < 4.78 is 0. The molecule has 0 unspecified atom stereocenters. The molecule has 1 aromatic carbocycles. The predicted octanol–water partition coefficient (Wildman–Crippen LogP) is 3.64. The minimum Gasteiger partial charge on any atom is -0.348 e. The van der Waals surface area contributed by atoms with Gasteiger partial charge in [-0.05, 0) is 60.7 Å². The number of carbonyl (C=O) groups is 1. The lowest BCUT2D eigenvalue weighted by Gasteiger charge is -2.30. The van der Waals surface area contributed by atoms with Gasteiger partial charge in [-0.2, -0.15) is 0 Å². The number of rotatable bonds is 6. The third-order valence-corrected chi connectivity index (χ3v) is 4.88. The summed E-state index contributed by atoms with van der Waals surface area (Å²) in [6, 6.07) is 12.3. The summed E-state index contributed by atoms with van der Waals surface area (Å²) in [5, 5.41) is 2.92. The van der Waals surface area contributed by atoms with Crippen molar-refractivity contribution in [3.8, 4) is 0 Å². The highest BCUT2D eigenvalue weighted by Crippen LogP contribution is 2.18. The first-order chi connectivity index (χ1) is 12.7. The van der Waals surface area contributed by atoms with Crippen LogP contribution in [0.25, 0.3) is 6.08 Å². The van der Waals surface area contributed by atoms with Crippen LogP contribution in [0.5, 0.6) is 0 Å². The second kappa shape index (κ2) is 9.30. The van der Waals surface area contributed by atoms with Crippen LogP contribution in [-0.4, -0.2) is 28.9 Å². The highest BCUT2D eigenvalue weighted by molar-refractivity contribution is 5.91. The zero-order valence-corrected chi connectivity index (χ0v) is 15.4. The molecule has 0 aliphatic carbocycles. The van der Waals surface area contributed by atoms with Crippen molar-refractivity contribution >= 4 is 12.0 Å². The third kappa shape index (κ3) is 5.81. The quantitative estimate of drug-likeness (QED) is 0.810. The van der Waals surface area contributed by atoms with Crippen LogP contribution in [0.1, 0.15) is 36.5 Å². The maximum atomic E-state index is 11.9. The van der Waals surface area contributed by atoms with Gasteiger partial charge >= 0.3 is 0 Å². The molecular formula is C22H27N3O. The van der Waals surface area contributed by atoms with Gasteiger partial charge in [-0.25, -0.2) is 0 Å². The molecule has 1 fully saturated rings. The standard InChI is InChI=1S/C22H27N3O/c1-18-10-13-25(14-11-18)17-21-6-4-20(5-7-21)16-24-22(26)9-8-19-3-2-12-23-15-19/h2-9,12,15,18H,10-11,13-14,16-17H2,1H3,(H,24,26).